The highest BCUT2D eigenvalue weighted by atomic mass is 32.2. The second-order valence-electron chi connectivity index (χ2n) is 10.8. The molecule has 1 aromatic heterocycles. The van der Waals surface area contributed by atoms with Crippen LogP contribution in [0.3, 0.4) is 0 Å². The van der Waals surface area contributed by atoms with Crippen molar-refractivity contribution in [1.29, 1.82) is 0 Å². The number of hydrogen-bond donors (Lipinski definition) is 1. The van der Waals surface area contributed by atoms with E-state index in [2.05, 4.69) is 28.7 Å². The Bertz CT molecular complexity index is 1660. The second-order valence-corrected chi connectivity index (χ2v) is 11.8. The average molecular weight is 671 g/mol. The summed E-state index contributed by atoms with van der Waals surface area (Å²) in [7, 11) is 0. The van der Waals surface area contributed by atoms with Gasteiger partial charge in [0.25, 0.3) is 5.56 Å². The molecule has 0 fully saturated rings. The Morgan fingerprint density at radius 1 is 0.872 bits per heavy atom. The molecule has 1 N–H and O–H groups in total. The van der Waals surface area contributed by atoms with Crippen molar-refractivity contribution in [3.05, 3.63) is 111 Å². The zero-order chi connectivity index (χ0) is 34.0. The van der Waals surface area contributed by atoms with Crippen molar-refractivity contribution in [1.82, 2.24) is 19.8 Å². The summed E-state index contributed by atoms with van der Waals surface area (Å²) in [4.78, 5) is 38.1. The molecule has 0 saturated carbocycles. The summed E-state index contributed by atoms with van der Waals surface area (Å²) in [6.07, 6.45) is -4.56. The standard InChI is InChI=1S/C35H38F4N4O3S/c1-4-42(5-2)19-20-43(22-24-7-11-26(12-8-24)27-13-15-28(16-14-27)35(37,38)39)31(44)21-30-32(46-6-3)33(45)41-34(40-30)47-23-25-9-17-29(36)18-10-25/h7-18H,4-6,19-23H2,1-3H3,(H,40,41,45). The summed E-state index contributed by atoms with van der Waals surface area (Å²) >= 11 is 1.26. The van der Waals surface area contributed by atoms with Crippen LogP contribution in [0.25, 0.3) is 11.1 Å². The Morgan fingerprint density at radius 2 is 1.47 bits per heavy atom. The minimum Gasteiger partial charge on any atom is -0.487 e. The number of likely N-dealkylation sites (N-methyl/N-ethyl adjacent to an activating group) is 1. The van der Waals surface area contributed by atoms with Gasteiger partial charge in [-0.1, -0.05) is 74.1 Å². The first-order valence-electron chi connectivity index (χ1n) is 15.4. The molecule has 0 spiro atoms. The van der Waals surface area contributed by atoms with Crippen LogP contribution in [-0.4, -0.2) is 58.5 Å². The van der Waals surface area contributed by atoms with Gasteiger partial charge in [-0.2, -0.15) is 13.2 Å². The number of aromatic amines is 1. The number of ether oxygens (including phenoxy) is 1. The highest BCUT2D eigenvalue weighted by Crippen LogP contribution is 2.31. The molecular weight excluding hydrogens is 632 g/mol. The molecule has 7 nitrogen and oxygen atoms in total. The lowest BCUT2D eigenvalue weighted by Crippen LogP contribution is -2.39. The molecule has 250 valence electrons. The largest absolute Gasteiger partial charge is 0.487 e. The van der Waals surface area contributed by atoms with E-state index < -0.39 is 17.3 Å². The maximum absolute atomic E-state index is 13.9. The fourth-order valence-electron chi connectivity index (χ4n) is 4.92. The van der Waals surface area contributed by atoms with Crippen LogP contribution in [-0.2, 0) is 29.7 Å². The van der Waals surface area contributed by atoms with Gasteiger partial charge in [0.1, 0.15) is 11.5 Å². The topological polar surface area (TPSA) is 78.5 Å². The molecule has 0 aliphatic carbocycles. The third-order valence-corrected chi connectivity index (χ3v) is 8.57. The van der Waals surface area contributed by atoms with E-state index in [0.29, 0.717) is 29.6 Å². The summed E-state index contributed by atoms with van der Waals surface area (Å²) in [6, 6.07) is 18.4. The minimum atomic E-state index is -4.40. The van der Waals surface area contributed by atoms with Crippen molar-refractivity contribution in [2.75, 3.05) is 32.8 Å². The van der Waals surface area contributed by atoms with Gasteiger partial charge in [-0.15, -0.1) is 0 Å². The van der Waals surface area contributed by atoms with E-state index in [4.69, 9.17) is 4.74 Å². The number of nitrogens with zero attached hydrogens (tertiary/aromatic N) is 3. The third kappa shape index (κ3) is 10.2. The minimum absolute atomic E-state index is 0.00318. The number of H-pyrrole nitrogens is 1. The highest BCUT2D eigenvalue weighted by Gasteiger charge is 2.30. The monoisotopic (exact) mass is 670 g/mol. The summed E-state index contributed by atoms with van der Waals surface area (Å²) in [5.74, 6) is -0.148. The molecule has 0 bridgehead atoms. The first kappa shape index (κ1) is 35.7. The SMILES string of the molecule is CCOc1c(CC(=O)N(CCN(CC)CC)Cc2ccc(-c3ccc(C(F)(F)F)cc3)cc2)nc(SCc2ccc(F)cc2)[nH]c1=O. The van der Waals surface area contributed by atoms with Crippen molar-refractivity contribution in [2.24, 2.45) is 0 Å². The van der Waals surface area contributed by atoms with E-state index in [-0.39, 0.29) is 42.7 Å². The van der Waals surface area contributed by atoms with Crippen LogP contribution >= 0.6 is 11.8 Å². The first-order chi connectivity index (χ1) is 22.5. The predicted molar refractivity (Wildman–Crippen MR) is 176 cm³/mol. The Balaban J connectivity index is 1.54. The molecule has 4 rings (SSSR count). The molecule has 47 heavy (non-hydrogen) atoms. The maximum Gasteiger partial charge on any atom is 0.416 e. The van der Waals surface area contributed by atoms with Gasteiger partial charge < -0.3 is 14.5 Å². The Hall–Kier alpha value is -4.16. The molecule has 0 aliphatic rings. The van der Waals surface area contributed by atoms with Gasteiger partial charge in [0.15, 0.2) is 5.16 Å². The number of alkyl halides is 3. The Kier molecular flexibility index (Phi) is 12.6. The van der Waals surface area contributed by atoms with Crippen molar-refractivity contribution in [3.63, 3.8) is 0 Å². The molecular formula is C35H38F4N4O3S. The van der Waals surface area contributed by atoms with Crippen LogP contribution in [0.5, 0.6) is 5.75 Å². The van der Waals surface area contributed by atoms with Crippen LogP contribution in [0, 0.1) is 5.82 Å². The molecule has 1 amide bonds. The smallest absolute Gasteiger partial charge is 0.416 e. The van der Waals surface area contributed by atoms with Gasteiger partial charge in [0, 0.05) is 25.4 Å². The number of amides is 1. The van der Waals surface area contributed by atoms with E-state index in [1.807, 2.05) is 24.3 Å². The molecule has 3 aromatic carbocycles. The van der Waals surface area contributed by atoms with Gasteiger partial charge in [0.05, 0.1) is 18.6 Å². The van der Waals surface area contributed by atoms with Gasteiger partial charge >= 0.3 is 6.18 Å². The number of thioether (sulfide) groups is 1. The van der Waals surface area contributed by atoms with Crippen LogP contribution < -0.4 is 10.3 Å². The molecule has 0 atom stereocenters. The third-order valence-electron chi connectivity index (χ3n) is 7.63. The molecule has 0 saturated heterocycles. The van der Waals surface area contributed by atoms with Crippen molar-refractivity contribution in [2.45, 2.75) is 50.8 Å². The Labute approximate surface area is 276 Å². The van der Waals surface area contributed by atoms with E-state index in [1.165, 1.54) is 36.0 Å². The molecule has 1 heterocycles. The van der Waals surface area contributed by atoms with Crippen molar-refractivity contribution < 1.29 is 27.1 Å². The van der Waals surface area contributed by atoms with Crippen LogP contribution in [0.4, 0.5) is 17.6 Å². The summed E-state index contributed by atoms with van der Waals surface area (Å²) in [6.45, 7) is 9.05. The molecule has 0 aliphatic heterocycles. The number of halogens is 4. The second kappa shape index (κ2) is 16.6. The lowest BCUT2D eigenvalue weighted by atomic mass is 10.0. The average Bonchev–Trinajstić information content (AvgIpc) is 3.06. The lowest BCUT2D eigenvalue weighted by molar-refractivity contribution is -0.137. The van der Waals surface area contributed by atoms with E-state index >= 15 is 0 Å². The number of hydrogen-bond acceptors (Lipinski definition) is 6. The molecule has 0 unspecified atom stereocenters. The molecule has 0 radical (unpaired) electrons. The number of aromatic nitrogens is 2. The summed E-state index contributed by atoms with van der Waals surface area (Å²) in [5, 5.41) is 0.319. The lowest BCUT2D eigenvalue weighted by Gasteiger charge is -2.27. The van der Waals surface area contributed by atoms with Crippen LogP contribution in [0.15, 0.2) is 82.7 Å². The van der Waals surface area contributed by atoms with Crippen molar-refractivity contribution in [3.8, 4) is 16.9 Å². The quantitative estimate of drug-likeness (QED) is 0.0820. The summed E-state index contributed by atoms with van der Waals surface area (Å²) < 4.78 is 57.9. The van der Waals surface area contributed by atoms with Gasteiger partial charge in [0.2, 0.25) is 11.7 Å². The number of carbonyl (C=O) groups excluding carboxylic acids is 1. The highest BCUT2D eigenvalue weighted by molar-refractivity contribution is 7.98. The number of nitrogens with one attached hydrogen (secondary N) is 1. The summed E-state index contributed by atoms with van der Waals surface area (Å²) in [5.41, 5.74) is 2.12. The molecule has 12 heteroatoms. The molecule has 4 aromatic rings. The number of carbonyl (C=O) groups is 1. The number of benzene rings is 3. The van der Waals surface area contributed by atoms with Gasteiger partial charge in [-0.3, -0.25) is 14.6 Å². The zero-order valence-corrected chi connectivity index (χ0v) is 27.4. The van der Waals surface area contributed by atoms with Crippen LogP contribution in [0.1, 0.15) is 43.2 Å². The van der Waals surface area contributed by atoms with Crippen molar-refractivity contribution >= 4 is 17.7 Å². The van der Waals surface area contributed by atoms with E-state index in [9.17, 15) is 27.2 Å². The van der Waals surface area contributed by atoms with Gasteiger partial charge in [-0.05, 0) is 66.5 Å². The fraction of sp³-hybridized carbons (Fsp3) is 0.343. The Morgan fingerprint density at radius 3 is 2.04 bits per heavy atom. The predicted octanol–water partition coefficient (Wildman–Crippen LogP) is 7.20. The number of rotatable bonds is 15. The normalized spacial score (nSPS) is 11.6. The maximum atomic E-state index is 13.9. The fourth-order valence-corrected chi connectivity index (χ4v) is 5.76. The van der Waals surface area contributed by atoms with Gasteiger partial charge in [-0.25, -0.2) is 9.37 Å². The van der Waals surface area contributed by atoms with E-state index in [0.717, 1.165) is 41.9 Å². The van der Waals surface area contributed by atoms with Crippen LogP contribution in [0.2, 0.25) is 0 Å². The van der Waals surface area contributed by atoms with E-state index in [1.54, 1.807) is 24.0 Å². The zero-order valence-electron chi connectivity index (χ0n) is 26.6. The first-order valence-corrected chi connectivity index (χ1v) is 16.4.